The van der Waals surface area contributed by atoms with Gasteiger partial charge in [-0.2, -0.15) is 5.10 Å². The van der Waals surface area contributed by atoms with Gasteiger partial charge in [0.1, 0.15) is 28.9 Å². The van der Waals surface area contributed by atoms with E-state index in [2.05, 4.69) is 10.3 Å². The molecule has 3 aromatic rings. The number of nitro benzene ring substituents is 1. The molecule has 57 heavy (non-hydrogen) atoms. The number of hydrogen-bond acceptors (Lipinski definition) is 12. The van der Waals surface area contributed by atoms with Crippen molar-refractivity contribution in [2.75, 3.05) is 4.90 Å². The highest BCUT2D eigenvalue weighted by molar-refractivity contribution is 5.95. The normalized spacial score (nSPS) is 18.2. The lowest BCUT2D eigenvalue weighted by molar-refractivity contribution is -0.384. The van der Waals surface area contributed by atoms with Crippen LogP contribution in [-0.4, -0.2) is 67.0 Å². The number of carbonyl (C=O) groups excluding carboxylic acids is 3. The summed E-state index contributed by atoms with van der Waals surface area (Å²) in [7, 11) is 0. The summed E-state index contributed by atoms with van der Waals surface area (Å²) in [5.74, 6) is 0.829. The summed E-state index contributed by atoms with van der Waals surface area (Å²) in [5, 5.41) is 19.0. The van der Waals surface area contributed by atoms with Crippen molar-refractivity contribution in [3.8, 4) is 11.6 Å². The molecule has 2 aliphatic rings. The van der Waals surface area contributed by atoms with E-state index < -0.39 is 46.1 Å². The number of nitrogens with zero attached hydrogens (tertiary/aromatic N) is 5. The second-order valence-electron chi connectivity index (χ2n) is 17.9. The van der Waals surface area contributed by atoms with Gasteiger partial charge in [-0.05, 0) is 132 Å². The van der Waals surface area contributed by atoms with E-state index in [0.717, 1.165) is 18.5 Å². The van der Waals surface area contributed by atoms with E-state index in [0.29, 0.717) is 49.5 Å². The molecular formula is C41H56N6O10. The summed E-state index contributed by atoms with van der Waals surface area (Å²) in [6.45, 7) is 18.8. The predicted molar refractivity (Wildman–Crippen MR) is 211 cm³/mol. The lowest BCUT2D eigenvalue weighted by Gasteiger charge is -2.30. The van der Waals surface area contributed by atoms with Gasteiger partial charge < -0.3 is 29.0 Å². The Morgan fingerprint density at radius 3 is 2.25 bits per heavy atom. The first-order valence-corrected chi connectivity index (χ1v) is 19.4. The number of non-ortho nitro benzene ring substituents is 1. The fourth-order valence-corrected chi connectivity index (χ4v) is 6.54. The number of aromatic nitrogens is 3. The van der Waals surface area contributed by atoms with Crippen LogP contribution < -0.4 is 19.7 Å². The zero-order chi connectivity index (χ0) is 41.9. The average Bonchev–Trinajstić information content (AvgIpc) is 3.44. The van der Waals surface area contributed by atoms with Gasteiger partial charge in [-0.3, -0.25) is 10.1 Å². The second-order valence-corrected chi connectivity index (χ2v) is 17.9. The van der Waals surface area contributed by atoms with Gasteiger partial charge in [0.15, 0.2) is 0 Å². The topological polar surface area (TPSA) is 186 Å². The highest BCUT2D eigenvalue weighted by atomic mass is 16.7. The van der Waals surface area contributed by atoms with E-state index in [9.17, 15) is 24.5 Å². The van der Waals surface area contributed by atoms with Crippen molar-refractivity contribution in [3.05, 3.63) is 64.5 Å². The number of hydrogen-bond donors (Lipinski definition) is 1. The maximum atomic E-state index is 14.1. The molecule has 2 aliphatic carbocycles. The van der Waals surface area contributed by atoms with Gasteiger partial charge in [0.2, 0.25) is 5.88 Å². The van der Waals surface area contributed by atoms with Gasteiger partial charge in [0.05, 0.1) is 27.9 Å². The first-order chi connectivity index (χ1) is 26.5. The Balaban J connectivity index is 1.32. The summed E-state index contributed by atoms with van der Waals surface area (Å²) in [5.41, 5.74) is -1.21. The number of rotatable bonds is 12. The number of anilines is 2. The van der Waals surface area contributed by atoms with Crippen molar-refractivity contribution in [1.82, 2.24) is 20.1 Å². The number of benzene rings is 1. The van der Waals surface area contributed by atoms with Gasteiger partial charge in [-0.15, -0.1) is 0 Å². The van der Waals surface area contributed by atoms with E-state index in [1.54, 1.807) is 43.8 Å². The predicted octanol–water partition coefficient (Wildman–Crippen LogP) is 9.47. The van der Waals surface area contributed by atoms with E-state index >= 15 is 0 Å². The van der Waals surface area contributed by atoms with Crippen LogP contribution >= 0.6 is 0 Å². The quantitative estimate of drug-likeness (QED) is 0.0603. The van der Waals surface area contributed by atoms with Gasteiger partial charge in [0, 0.05) is 41.9 Å². The summed E-state index contributed by atoms with van der Waals surface area (Å²) in [4.78, 5) is 55.5. The molecule has 0 spiro atoms. The van der Waals surface area contributed by atoms with E-state index in [1.165, 1.54) is 29.2 Å². The summed E-state index contributed by atoms with van der Waals surface area (Å²) in [6.07, 6.45) is 3.73. The van der Waals surface area contributed by atoms with Crippen LogP contribution in [0.1, 0.15) is 126 Å². The molecule has 3 atom stereocenters. The van der Waals surface area contributed by atoms with Crippen molar-refractivity contribution < 1.29 is 43.0 Å². The second kappa shape index (κ2) is 16.6. The minimum absolute atomic E-state index is 0.0956. The molecule has 0 aliphatic heterocycles. The van der Waals surface area contributed by atoms with Crippen LogP contribution in [0.3, 0.4) is 0 Å². The number of pyridine rings is 1. The molecule has 0 bridgehead atoms. The highest BCUT2D eigenvalue weighted by Gasteiger charge is 2.45. The third-order valence-electron chi connectivity index (χ3n) is 9.41. The molecule has 1 aromatic carbocycles. The molecule has 2 fully saturated rings. The fraction of sp³-hybridized carbons (Fsp3) is 0.585. The van der Waals surface area contributed by atoms with Crippen molar-refractivity contribution in [3.63, 3.8) is 0 Å². The van der Waals surface area contributed by atoms with Crippen molar-refractivity contribution in [2.24, 2.45) is 0 Å². The smallest absolute Gasteiger partial charge is 0.475 e. The molecular weight excluding hydrogens is 736 g/mol. The number of alkyl carbamates (subject to hydrolysis) is 1. The molecule has 310 valence electrons. The monoisotopic (exact) mass is 792 g/mol. The van der Waals surface area contributed by atoms with Crippen LogP contribution in [0.15, 0.2) is 48.7 Å². The number of carbonyl (C=O) groups is 3. The largest absolute Gasteiger partial charge is 0.514 e. The number of nitrogens with one attached hydrogen (secondary N) is 1. The maximum Gasteiger partial charge on any atom is 0.514 e. The zero-order valence-electron chi connectivity index (χ0n) is 34.6. The number of nitro groups is 1. The fourth-order valence-electron chi connectivity index (χ4n) is 6.54. The SMILES string of the molecule is CC(CCC1(NC(=O)OC(C)(C)C)CC1)Oc1cc(N(C(=O)OC(C)(C)C)c2cc([C@H]3CC[C@@H](OC(=O)Oc4ccc([N+](=O)[O-])cc4)C3)nn2C(C)(C)C)ccn1. The van der Waals surface area contributed by atoms with Crippen molar-refractivity contribution >= 4 is 35.5 Å². The summed E-state index contributed by atoms with van der Waals surface area (Å²) >= 11 is 0. The van der Waals surface area contributed by atoms with Crippen LogP contribution in [0.2, 0.25) is 0 Å². The van der Waals surface area contributed by atoms with E-state index in [-0.39, 0.29) is 29.0 Å². The molecule has 1 unspecified atom stereocenters. The Morgan fingerprint density at radius 2 is 1.65 bits per heavy atom. The first kappa shape index (κ1) is 42.7. The molecule has 16 nitrogen and oxygen atoms in total. The molecule has 2 aromatic heterocycles. The lowest BCUT2D eigenvalue weighted by atomic mass is 10.0. The maximum absolute atomic E-state index is 14.1. The number of ether oxygens (including phenoxy) is 5. The van der Waals surface area contributed by atoms with Gasteiger partial charge in [-0.1, -0.05) is 0 Å². The summed E-state index contributed by atoms with van der Waals surface area (Å²) in [6, 6.07) is 10.4. The van der Waals surface area contributed by atoms with Crippen LogP contribution in [0.25, 0.3) is 0 Å². The third kappa shape index (κ3) is 12.0. The Morgan fingerprint density at radius 1 is 0.982 bits per heavy atom. The van der Waals surface area contributed by atoms with Crippen LogP contribution in [0, 0.1) is 10.1 Å². The molecule has 1 N–H and O–H groups in total. The Hall–Kier alpha value is -5.41. The van der Waals surface area contributed by atoms with Crippen molar-refractivity contribution in [2.45, 2.75) is 155 Å². The molecule has 0 radical (unpaired) electrons. The van der Waals surface area contributed by atoms with Gasteiger partial charge in [-0.25, -0.2) is 28.9 Å². The van der Waals surface area contributed by atoms with Crippen molar-refractivity contribution in [1.29, 1.82) is 0 Å². The lowest BCUT2D eigenvalue weighted by Crippen LogP contribution is -2.41. The average molecular weight is 793 g/mol. The third-order valence-corrected chi connectivity index (χ3v) is 9.41. The molecule has 2 heterocycles. The Labute approximate surface area is 333 Å². The minimum atomic E-state index is -0.902. The molecule has 0 saturated heterocycles. The van der Waals surface area contributed by atoms with Gasteiger partial charge in [0.25, 0.3) is 5.69 Å². The van der Waals surface area contributed by atoms with Gasteiger partial charge >= 0.3 is 18.3 Å². The number of amides is 2. The highest BCUT2D eigenvalue weighted by Crippen LogP contribution is 2.42. The van der Waals surface area contributed by atoms with Crippen LogP contribution in [0.4, 0.5) is 31.6 Å². The Kier molecular flexibility index (Phi) is 12.4. The molecule has 2 amide bonds. The van der Waals surface area contributed by atoms with Crippen LogP contribution in [0.5, 0.6) is 11.6 Å². The minimum Gasteiger partial charge on any atom is -0.475 e. The van der Waals surface area contributed by atoms with Crippen LogP contribution in [-0.2, 0) is 19.7 Å². The summed E-state index contributed by atoms with van der Waals surface area (Å²) < 4.78 is 30.4. The van der Waals surface area contributed by atoms with E-state index in [4.69, 9.17) is 28.8 Å². The molecule has 16 heteroatoms. The molecule has 2 saturated carbocycles. The molecule has 5 rings (SSSR count). The van der Waals surface area contributed by atoms with E-state index in [1.807, 2.05) is 54.5 Å². The Bertz CT molecular complexity index is 1920. The first-order valence-electron chi connectivity index (χ1n) is 19.4. The standard InChI is InChI=1S/C41H56N6O10/c1-26(17-19-41(20-21-41)43-35(48)56-39(5,6)7)53-33-24-29(18-22-42-33)45(36(49)57-40(8,9)10)34-25-32(44-46(34)38(2,3)4)27-11-14-31(23-27)55-37(50)54-30-15-12-28(13-16-30)47(51)52/h12-13,15-16,18,22,24-27,31H,11,14,17,19-21,23H2,1-10H3,(H,43,48)/t26?,27-,31+/m0/s1. The zero-order valence-corrected chi connectivity index (χ0v) is 34.6.